The van der Waals surface area contributed by atoms with Crippen molar-refractivity contribution in [2.75, 3.05) is 13.2 Å². The number of nitrogens with zero attached hydrogens (tertiary/aromatic N) is 3. The number of halogens is 1. The van der Waals surface area contributed by atoms with Crippen molar-refractivity contribution in [3.8, 4) is 5.75 Å². The lowest BCUT2D eigenvalue weighted by atomic mass is 10.2. The maximum atomic E-state index is 13.3. The van der Waals surface area contributed by atoms with Gasteiger partial charge in [-0.2, -0.15) is 5.10 Å². The van der Waals surface area contributed by atoms with Gasteiger partial charge in [-0.1, -0.05) is 25.5 Å². The van der Waals surface area contributed by atoms with Crippen LogP contribution in [0.25, 0.3) is 0 Å². The second kappa shape index (κ2) is 11.6. The molecule has 0 aliphatic heterocycles. The smallest absolute Gasteiger partial charge is 0.251 e. The standard InChI is InChI=1S/C23H26FN5O3/c1-2-3-11-32-20-9-7-18(8-10-20)23(31)26-14-22(30)25-13-21-27-16-29(28-21)15-17-5-4-6-19(24)12-17/h4-10,12,16H,2-3,11,13-15H2,1H3,(H,25,30)(H,26,31). The molecule has 2 aromatic carbocycles. The fourth-order valence-electron chi connectivity index (χ4n) is 2.85. The molecule has 8 nitrogen and oxygen atoms in total. The zero-order valence-electron chi connectivity index (χ0n) is 17.9. The number of carbonyl (C=O) groups excluding carboxylic acids is 2. The molecule has 0 spiro atoms. The van der Waals surface area contributed by atoms with Gasteiger partial charge in [0.25, 0.3) is 5.91 Å². The van der Waals surface area contributed by atoms with Gasteiger partial charge in [-0.15, -0.1) is 0 Å². The Kier molecular flexibility index (Phi) is 8.30. The minimum absolute atomic E-state index is 0.120. The SMILES string of the molecule is CCCCOc1ccc(C(=O)NCC(=O)NCc2ncn(Cc3cccc(F)c3)n2)cc1. The molecule has 0 aliphatic carbocycles. The predicted octanol–water partition coefficient (Wildman–Crippen LogP) is 2.69. The summed E-state index contributed by atoms with van der Waals surface area (Å²) < 4.78 is 20.4. The summed E-state index contributed by atoms with van der Waals surface area (Å²) in [5.74, 6) is 0.0994. The van der Waals surface area contributed by atoms with Crippen molar-refractivity contribution in [1.82, 2.24) is 25.4 Å². The van der Waals surface area contributed by atoms with Gasteiger partial charge in [0.15, 0.2) is 5.82 Å². The second-order valence-electron chi connectivity index (χ2n) is 7.17. The molecule has 3 rings (SSSR count). The summed E-state index contributed by atoms with van der Waals surface area (Å²) in [5.41, 5.74) is 1.20. The van der Waals surface area contributed by atoms with Gasteiger partial charge < -0.3 is 15.4 Å². The van der Waals surface area contributed by atoms with Gasteiger partial charge in [-0.25, -0.2) is 14.1 Å². The number of hydrogen-bond acceptors (Lipinski definition) is 5. The quantitative estimate of drug-likeness (QED) is 0.448. The Bertz CT molecular complexity index is 1040. The third-order valence-electron chi connectivity index (χ3n) is 4.55. The lowest BCUT2D eigenvalue weighted by Crippen LogP contribution is -2.36. The fraction of sp³-hybridized carbons (Fsp3) is 0.304. The maximum absolute atomic E-state index is 13.3. The Morgan fingerprint density at radius 1 is 1.12 bits per heavy atom. The van der Waals surface area contributed by atoms with E-state index in [0.717, 1.165) is 18.4 Å². The third-order valence-corrected chi connectivity index (χ3v) is 4.55. The average Bonchev–Trinajstić information content (AvgIpc) is 3.24. The topological polar surface area (TPSA) is 98.1 Å². The van der Waals surface area contributed by atoms with Crippen LogP contribution < -0.4 is 15.4 Å². The van der Waals surface area contributed by atoms with E-state index in [0.29, 0.717) is 30.3 Å². The summed E-state index contributed by atoms with van der Waals surface area (Å²) in [6.07, 6.45) is 3.54. The van der Waals surface area contributed by atoms with Crippen LogP contribution in [0, 0.1) is 5.82 Å². The predicted molar refractivity (Wildman–Crippen MR) is 117 cm³/mol. The summed E-state index contributed by atoms with van der Waals surface area (Å²) in [7, 11) is 0. The van der Waals surface area contributed by atoms with Gasteiger partial charge in [0.1, 0.15) is 17.9 Å². The summed E-state index contributed by atoms with van der Waals surface area (Å²) in [4.78, 5) is 28.4. The van der Waals surface area contributed by atoms with Crippen LogP contribution in [0.1, 0.15) is 41.5 Å². The van der Waals surface area contributed by atoms with E-state index in [2.05, 4.69) is 27.6 Å². The summed E-state index contributed by atoms with van der Waals surface area (Å²) in [6.45, 7) is 3.05. The van der Waals surface area contributed by atoms with Crippen LogP contribution in [-0.4, -0.2) is 39.7 Å². The molecule has 168 valence electrons. The minimum atomic E-state index is -0.362. The summed E-state index contributed by atoms with van der Waals surface area (Å²) in [5, 5.41) is 9.49. The molecule has 0 radical (unpaired) electrons. The first-order valence-electron chi connectivity index (χ1n) is 10.4. The molecule has 0 saturated carbocycles. The molecule has 1 aromatic heterocycles. The van der Waals surface area contributed by atoms with E-state index in [1.807, 2.05) is 0 Å². The largest absolute Gasteiger partial charge is 0.494 e. The van der Waals surface area contributed by atoms with E-state index in [4.69, 9.17) is 4.74 Å². The lowest BCUT2D eigenvalue weighted by molar-refractivity contribution is -0.120. The number of hydrogen-bond donors (Lipinski definition) is 2. The van der Waals surface area contributed by atoms with Gasteiger partial charge in [0.2, 0.25) is 5.91 Å². The van der Waals surface area contributed by atoms with Crippen LogP contribution in [0.4, 0.5) is 4.39 Å². The molecule has 2 amide bonds. The molecule has 3 aromatic rings. The molecule has 0 bridgehead atoms. The van der Waals surface area contributed by atoms with Crippen LogP contribution in [0.2, 0.25) is 0 Å². The highest BCUT2D eigenvalue weighted by Gasteiger charge is 2.10. The van der Waals surface area contributed by atoms with Crippen LogP contribution >= 0.6 is 0 Å². The van der Waals surface area contributed by atoms with Crippen molar-refractivity contribution in [3.05, 3.63) is 77.6 Å². The molecule has 0 aliphatic rings. The Labute approximate surface area is 185 Å². The number of benzene rings is 2. The highest BCUT2D eigenvalue weighted by atomic mass is 19.1. The van der Waals surface area contributed by atoms with Gasteiger partial charge in [0.05, 0.1) is 26.2 Å². The number of aromatic nitrogens is 3. The summed E-state index contributed by atoms with van der Waals surface area (Å²) >= 11 is 0. The van der Waals surface area contributed by atoms with Gasteiger partial charge >= 0.3 is 0 Å². The Balaban J connectivity index is 1.39. The first-order valence-corrected chi connectivity index (χ1v) is 10.4. The normalized spacial score (nSPS) is 10.6. The molecule has 0 fully saturated rings. The summed E-state index contributed by atoms with van der Waals surface area (Å²) in [6, 6.07) is 13.0. The highest BCUT2D eigenvalue weighted by molar-refractivity contribution is 5.96. The van der Waals surface area contributed by atoms with Crippen molar-refractivity contribution >= 4 is 11.8 Å². The van der Waals surface area contributed by atoms with E-state index in [1.165, 1.54) is 18.5 Å². The first kappa shape index (κ1) is 22.9. The van der Waals surface area contributed by atoms with E-state index in [9.17, 15) is 14.0 Å². The lowest BCUT2D eigenvalue weighted by Gasteiger charge is -2.08. The number of nitrogens with one attached hydrogen (secondary N) is 2. The second-order valence-corrected chi connectivity index (χ2v) is 7.17. The third kappa shape index (κ3) is 7.19. The van der Waals surface area contributed by atoms with E-state index in [1.54, 1.807) is 41.1 Å². The number of carbonyl (C=O) groups is 2. The van der Waals surface area contributed by atoms with Gasteiger partial charge in [-0.3, -0.25) is 9.59 Å². The molecule has 1 heterocycles. The number of ether oxygens (including phenoxy) is 1. The van der Waals surface area contributed by atoms with Gasteiger partial charge in [0, 0.05) is 5.56 Å². The molecule has 9 heteroatoms. The van der Waals surface area contributed by atoms with Crippen LogP contribution in [0.15, 0.2) is 54.9 Å². The Morgan fingerprint density at radius 3 is 2.69 bits per heavy atom. The molecule has 0 atom stereocenters. The molecule has 2 N–H and O–H groups in total. The van der Waals surface area contributed by atoms with Crippen molar-refractivity contribution in [2.24, 2.45) is 0 Å². The molecular formula is C23H26FN5O3. The Hall–Kier alpha value is -3.75. The van der Waals surface area contributed by atoms with E-state index < -0.39 is 0 Å². The molecule has 0 saturated heterocycles. The first-order chi connectivity index (χ1) is 15.5. The minimum Gasteiger partial charge on any atom is -0.494 e. The van der Waals surface area contributed by atoms with Crippen molar-refractivity contribution in [2.45, 2.75) is 32.9 Å². The number of amides is 2. The van der Waals surface area contributed by atoms with Crippen LogP contribution in [0.5, 0.6) is 5.75 Å². The van der Waals surface area contributed by atoms with Crippen LogP contribution in [-0.2, 0) is 17.9 Å². The molecule has 32 heavy (non-hydrogen) atoms. The Morgan fingerprint density at radius 2 is 1.94 bits per heavy atom. The van der Waals surface area contributed by atoms with Crippen molar-refractivity contribution < 1.29 is 18.7 Å². The number of unbranched alkanes of at least 4 members (excludes halogenated alkanes) is 1. The monoisotopic (exact) mass is 439 g/mol. The van der Waals surface area contributed by atoms with Crippen molar-refractivity contribution in [1.29, 1.82) is 0 Å². The van der Waals surface area contributed by atoms with Crippen LogP contribution in [0.3, 0.4) is 0 Å². The van der Waals surface area contributed by atoms with Gasteiger partial charge in [-0.05, 0) is 48.4 Å². The zero-order chi connectivity index (χ0) is 22.8. The molecular weight excluding hydrogens is 413 g/mol. The van der Waals surface area contributed by atoms with E-state index >= 15 is 0 Å². The average molecular weight is 439 g/mol. The maximum Gasteiger partial charge on any atom is 0.251 e. The zero-order valence-corrected chi connectivity index (χ0v) is 17.9. The fourth-order valence-corrected chi connectivity index (χ4v) is 2.85. The van der Waals surface area contributed by atoms with Crippen molar-refractivity contribution in [3.63, 3.8) is 0 Å². The van der Waals surface area contributed by atoms with E-state index in [-0.39, 0.29) is 30.7 Å². The highest BCUT2D eigenvalue weighted by Crippen LogP contribution is 2.12. The number of rotatable bonds is 11. The molecule has 0 unspecified atom stereocenters.